The zero-order chi connectivity index (χ0) is 17.9. The van der Waals surface area contributed by atoms with Gasteiger partial charge in [-0.3, -0.25) is 10.00 Å². The van der Waals surface area contributed by atoms with Crippen LogP contribution in [0.2, 0.25) is 0 Å². The smallest absolute Gasteiger partial charge is 0.127 e. The molecule has 0 bridgehead atoms. The Labute approximate surface area is 151 Å². The maximum atomic E-state index is 13.8. The van der Waals surface area contributed by atoms with Crippen LogP contribution in [0.15, 0.2) is 54.7 Å². The maximum Gasteiger partial charge on any atom is 0.127 e. The zero-order valence-corrected chi connectivity index (χ0v) is 14.5. The number of aromatic amines is 1. The van der Waals surface area contributed by atoms with E-state index in [0.717, 1.165) is 48.3 Å². The molecule has 1 aliphatic rings. The Kier molecular flexibility index (Phi) is 4.80. The molecule has 3 nitrogen and oxygen atoms in total. The fourth-order valence-corrected chi connectivity index (χ4v) is 3.74. The highest BCUT2D eigenvalue weighted by Gasteiger charge is 2.25. The molecule has 0 amide bonds. The number of benzene rings is 2. The van der Waals surface area contributed by atoms with Crippen LogP contribution in [0, 0.1) is 11.6 Å². The molecule has 26 heavy (non-hydrogen) atoms. The van der Waals surface area contributed by atoms with Crippen molar-refractivity contribution in [3.05, 3.63) is 77.6 Å². The van der Waals surface area contributed by atoms with Gasteiger partial charge in [-0.05, 0) is 49.7 Å². The Hall–Kier alpha value is -2.53. The SMILES string of the molecule is Fc1cccc(-c2cn[nH]c2C2CCN(Cc3ccccc3F)CC2)c1. The van der Waals surface area contributed by atoms with E-state index in [4.69, 9.17) is 0 Å². The standard InChI is InChI=1S/C21H21F2N3/c22-18-6-3-5-16(12-18)19-13-24-25-21(19)15-8-10-26(11-9-15)14-17-4-1-2-7-20(17)23/h1-7,12-13,15H,8-11,14H2,(H,24,25). The van der Waals surface area contributed by atoms with Gasteiger partial charge in [0.1, 0.15) is 11.6 Å². The summed E-state index contributed by atoms with van der Waals surface area (Å²) < 4.78 is 27.4. The van der Waals surface area contributed by atoms with E-state index in [-0.39, 0.29) is 11.6 Å². The highest BCUT2D eigenvalue weighted by atomic mass is 19.1. The van der Waals surface area contributed by atoms with E-state index in [9.17, 15) is 8.78 Å². The van der Waals surface area contributed by atoms with Crippen LogP contribution in [0.5, 0.6) is 0 Å². The first kappa shape index (κ1) is 16.9. The molecule has 0 atom stereocenters. The molecule has 3 aromatic rings. The van der Waals surface area contributed by atoms with Crippen molar-refractivity contribution < 1.29 is 8.78 Å². The summed E-state index contributed by atoms with van der Waals surface area (Å²) in [6, 6.07) is 13.6. The molecule has 1 aliphatic heterocycles. The van der Waals surface area contributed by atoms with Crippen molar-refractivity contribution in [2.75, 3.05) is 13.1 Å². The Morgan fingerprint density at radius 1 is 1.04 bits per heavy atom. The molecule has 0 spiro atoms. The molecule has 0 aliphatic carbocycles. The summed E-state index contributed by atoms with van der Waals surface area (Å²) in [5.41, 5.74) is 3.63. The highest BCUT2D eigenvalue weighted by molar-refractivity contribution is 5.65. The van der Waals surface area contributed by atoms with Gasteiger partial charge in [-0.2, -0.15) is 5.10 Å². The summed E-state index contributed by atoms with van der Waals surface area (Å²) in [4.78, 5) is 2.28. The molecule has 0 radical (unpaired) electrons. The maximum absolute atomic E-state index is 13.8. The van der Waals surface area contributed by atoms with E-state index in [1.54, 1.807) is 24.4 Å². The minimum Gasteiger partial charge on any atom is -0.299 e. The molecule has 0 saturated carbocycles. The van der Waals surface area contributed by atoms with Crippen LogP contribution in [0.3, 0.4) is 0 Å². The van der Waals surface area contributed by atoms with Gasteiger partial charge in [-0.1, -0.05) is 30.3 Å². The number of hydrogen-bond acceptors (Lipinski definition) is 2. The third-order valence-electron chi connectivity index (χ3n) is 5.15. The van der Waals surface area contributed by atoms with Gasteiger partial charge in [0, 0.05) is 29.3 Å². The average molecular weight is 353 g/mol. The van der Waals surface area contributed by atoms with E-state index in [1.807, 2.05) is 18.2 Å². The summed E-state index contributed by atoms with van der Waals surface area (Å²) >= 11 is 0. The van der Waals surface area contributed by atoms with Crippen molar-refractivity contribution in [1.82, 2.24) is 15.1 Å². The summed E-state index contributed by atoms with van der Waals surface area (Å²) in [5.74, 6) is -0.0291. The number of rotatable bonds is 4. The van der Waals surface area contributed by atoms with Crippen molar-refractivity contribution in [2.24, 2.45) is 0 Å². The summed E-state index contributed by atoms with van der Waals surface area (Å²) in [7, 11) is 0. The predicted molar refractivity (Wildman–Crippen MR) is 97.6 cm³/mol. The molecule has 2 aromatic carbocycles. The lowest BCUT2D eigenvalue weighted by Gasteiger charge is -2.32. The van der Waals surface area contributed by atoms with Crippen LogP contribution < -0.4 is 0 Å². The van der Waals surface area contributed by atoms with E-state index < -0.39 is 0 Å². The number of hydrogen-bond donors (Lipinski definition) is 1. The molecular weight excluding hydrogens is 332 g/mol. The number of halogens is 2. The normalized spacial score (nSPS) is 16.1. The Balaban J connectivity index is 1.44. The summed E-state index contributed by atoms with van der Waals surface area (Å²) in [6.45, 7) is 2.44. The van der Waals surface area contributed by atoms with Gasteiger partial charge in [0.2, 0.25) is 0 Å². The summed E-state index contributed by atoms with van der Waals surface area (Å²) in [6.07, 6.45) is 3.72. The van der Waals surface area contributed by atoms with Crippen LogP contribution in [0.25, 0.3) is 11.1 Å². The topological polar surface area (TPSA) is 31.9 Å². The second kappa shape index (κ2) is 7.38. The lowest BCUT2D eigenvalue weighted by molar-refractivity contribution is 0.201. The van der Waals surface area contributed by atoms with Crippen LogP contribution in [0.1, 0.15) is 30.0 Å². The second-order valence-corrected chi connectivity index (χ2v) is 6.85. The van der Waals surface area contributed by atoms with Gasteiger partial charge in [-0.25, -0.2) is 8.78 Å². The number of piperidine rings is 1. The number of likely N-dealkylation sites (tertiary alicyclic amines) is 1. The second-order valence-electron chi connectivity index (χ2n) is 6.85. The monoisotopic (exact) mass is 353 g/mol. The predicted octanol–water partition coefficient (Wildman–Crippen LogP) is 4.73. The Morgan fingerprint density at radius 3 is 2.62 bits per heavy atom. The molecule has 1 fully saturated rings. The van der Waals surface area contributed by atoms with Crippen LogP contribution >= 0.6 is 0 Å². The highest BCUT2D eigenvalue weighted by Crippen LogP contribution is 2.34. The lowest BCUT2D eigenvalue weighted by atomic mass is 9.89. The molecule has 1 aromatic heterocycles. The van der Waals surface area contributed by atoms with Crippen molar-refractivity contribution in [3.8, 4) is 11.1 Å². The van der Waals surface area contributed by atoms with Crippen LogP contribution in [-0.4, -0.2) is 28.2 Å². The Bertz CT molecular complexity index is 882. The van der Waals surface area contributed by atoms with Crippen molar-refractivity contribution >= 4 is 0 Å². The fraction of sp³-hybridized carbons (Fsp3) is 0.286. The van der Waals surface area contributed by atoms with E-state index in [0.29, 0.717) is 12.5 Å². The molecule has 1 N–H and O–H groups in total. The number of nitrogens with one attached hydrogen (secondary N) is 1. The van der Waals surface area contributed by atoms with E-state index in [2.05, 4.69) is 15.1 Å². The Morgan fingerprint density at radius 2 is 1.85 bits per heavy atom. The van der Waals surface area contributed by atoms with Crippen molar-refractivity contribution in [1.29, 1.82) is 0 Å². The third-order valence-corrected chi connectivity index (χ3v) is 5.15. The van der Waals surface area contributed by atoms with Crippen LogP contribution in [0.4, 0.5) is 8.78 Å². The number of H-pyrrole nitrogens is 1. The number of nitrogens with zero attached hydrogens (tertiary/aromatic N) is 2. The minimum atomic E-state index is -0.241. The van der Waals surface area contributed by atoms with Gasteiger partial charge in [0.05, 0.1) is 6.20 Å². The quantitative estimate of drug-likeness (QED) is 0.735. The number of aromatic nitrogens is 2. The molecule has 0 unspecified atom stereocenters. The first-order chi connectivity index (χ1) is 12.7. The first-order valence-corrected chi connectivity index (χ1v) is 8.95. The molecule has 2 heterocycles. The van der Waals surface area contributed by atoms with E-state index >= 15 is 0 Å². The van der Waals surface area contributed by atoms with Gasteiger partial charge < -0.3 is 0 Å². The third kappa shape index (κ3) is 3.53. The molecule has 5 heteroatoms. The average Bonchev–Trinajstić information content (AvgIpc) is 3.14. The van der Waals surface area contributed by atoms with Gasteiger partial charge >= 0.3 is 0 Å². The zero-order valence-electron chi connectivity index (χ0n) is 14.5. The molecule has 1 saturated heterocycles. The molecule has 4 rings (SSSR count). The van der Waals surface area contributed by atoms with Gasteiger partial charge in [0.25, 0.3) is 0 Å². The molecular formula is C21H21F2N3. The van der Waals surface area contributed by atoms with Crippen LogP contribution in [-0.2, 0) is 6.54 Å². The van der Waals surface area contributed by atoms with Gasteiger partial charge in [0.15, 0.2) is 0 Å². The largest absolute Gasteiger partial charge is 0.299 e. The summed E-state index contributed by atoms with van der Waals surface area (Å²) in [5, 5.41) is 7.31. The van der Waals surface area contributed by atoms with Gasteiger partial charge in [-0.15, -0.1) is 0 Å². The van der Waals surface area contributed by atoms with Crippen molar-refractivity contribution in [2.45, 2.75) is 25.3 Å². The lowest BCUT2D eigenvalue weighted by Crippen LogP contribution is -2.33. The fourth-order valence-electron chi connectivity index (χ4n) is 3.74. The van der Waals surface area contributed by atoms with E-state index in [1.165, 1.54) is 12.1 Å². The van der Waals surface area contributed by atoms with Crippen molar-refractivity contribution in [3.63, 3.8) is 0 Å². The minimum absolute atomic E-state index is 0.142. The molecule has 134 valence electrons. The first-order valence-electron chi connectivity index (χ1n) is 8.95.